The van der Waals surface area contributed by atoms with Crippen LogP contribution in [0, 0.1) is 11.8 Å². The van der Waals surface area contributed by atoms with Crippen molar-refractivity contribution in [2.45, 2.75) is 45.1 Å². The average Bonchev–Trinajstić information content (AvgIpc) is 2.44. The van der Waals surface area contributed by atoms with Crippen molar-refractivity contribution in [1.29, 1.82) is 0 Å². The van der Waals surface area contributed by atoms with Gasteiger partial charge in [-0.05, 0) is 50.3 Å². The first-order chi connectivity index (χ1) is 9.55. The van der Waals surface area contributed by atoms with E-state index in [4.69, 9.17) is 5.73 Å². The topological polar surface area (TPSA) is 42.1 Å². The molecule has 1 fully saturated rings. The molecule has 0 amide bonds. The van der Waals surface area contributed by atoms with Gasteiger partial charge in [0.25, 0.3) is 0 Å². The molecule has 0 saturated heterocycles. The Bertz CT molecular complexity index is 394. The zero-order chi connectivity index (χ0) is 14.6. The van der Waals surface area contributed by atoms with Crippen LogP contribution in [0.1, 0.15) is 38.8 Å². The molecule has 2 unspecified atom stereocenters. The van der Waals surface area contributed by atoms with Gasteiger partial charge in [-0.2, -0.15) is 0 Å². The summed E-state index contributed by atoms with van der Waals surface area (Å²) < 4.78 is 0. The number of nitrogens with two attached hydrogens (primary N) is 1. The van der Waals surface area contributed by atoms with Crippen molar-refractivity contribution in [3.8, 4) is 0 Å². The van der Waals surface area contributed by atoms with Gasteiger partial charge in [0.1, 0.15) is 0 Å². The quantitative estimate of drug-likeness (QED) is 0.898. The third kappa shape index (κ3) is 3.58. The van der Waals surface area contributed by atoms with E-state index in [1.54, 1.807) is 0 Å². The normalized spacial score (nSPS) is 30.6. The lowest BCUT2D eigenvalue weighted by molar-refractivity contribution is 0.0395. The minimum absolute atomic E-state index is 0.186. The van der Waals surface area contributed by atoms with E-state index < -0.39 is 0 Å². The first-order valence-electron chi connectivity index (χ1n) is 7.87. The van der Waals surface area contributed by atoms with E-state index in [2.05, 4.69) is 42.9 Å². The average molecular weight is 275 g/mol. The van der Waals surface area contributed by atoms with Crippen LogP contribution >= 0.6 is 0 Å². The molecule has 0 spiro atoms. The molecule has 1 saturated carbocycles. The third-order valence-electron chi connectivity index (χ3n) is 4.88. The van der Waals surface area contributed by atoms with E-state index >= 15 is 0 Å². The number of rotatable bonds is 5. The number of pyridine rings is 1. The number of nitrogens with zero attached hydrogens (tertiary/aromatic N) is 2. The molecule has 1 heterocycles. The highest BCUT2D eigenvalue weighted by molar-refractivity contribution is 5.05. The van der Waals surface area contributed by atoms with Crippen molar-refractivity contribution < 1.29 is 0 Å². The monoisotopic (exact) mass is 275 g/mol. The smallest absolute Gasteiger partial charge is 0.0416 e. The molecular formula is C17H29N3. The largest absolute Gasteiger partial charge is 0.329 e. The fourth-order valence-electron chi connectivity index (χ4n) is 3.93. The lowest BCUT2D eigenvalue weighted by atomic mass is 9.71. The summed E-state index contributed by atoms with van der Waals surface area (Å²) in [6, 6.07) is 6.14. The Morgan fingerprint density at radius 1 is 1.30 bits per heavy atom. The predicted molar refractivity (Wildman–Crippen MR) is 84.5 cm³/mol. The van der Waals surface area contributed by atoms with Crippen LogP contribution in [0.5, 0.6) is 0 Å². The molecule has 0 aromatic carbocycles. The number of hydrogen-bond acceptors (Lipinski definition) is 3. The van der Waals surface area contributed by atoms with E-state index in [9.17, 15) is 0 Å². The fraction of sp³-hybridized carbons (Fsp3) is 0.706. The van der Waals surface area contributed by atoms with Crippen LogP contribution in [-0.2, 0) is 6.42 Å². The molecule has 1 aliphatic rings. The van der Waals surface area contributed by atoms with Crippen molar-refractivity contribution >= 4 is 0 Å². The zero-order valence-electron chi connectivity index (χ0n) is 13.2. The second-order valence-electron chi connectivity index (χ2n) is 6.78. The van der Waals surface area contributed by atoms with E-state index in [1.165, 1.54) is 25.0 Å². The molecule has 2 N–H and O–H groups in total. The van der Waals surface area contributed by atoms with Crippen molar-refractivity contribution in [1.82, 2.24) is 9.88 Å². The lowest BCUT2D eigenvalue weighted by Crippen LogP contribution is -2.56. The van der Waals surface area contributed by atoms with Crippen molar-refractivity contribution in [3.05, 3.63) is 30.1 Å². The number of hydrogen-bond donors (Lipinski definition) is 1. The Labute approximate surface area is 123 Å². The zero-order valence-corrected chi connectivity index (χ0v) is 13.2. The van der Waals surface area contributed by atoms with Crippen molar-refractivity contribution in [2.75, 3.05) is 20.1 Å². The Kier molecular flexibility index (Phi) is 5.17. The molecule has 112 valence electrons. The SMILES string of the molecule is CC1CC(C)CC(CN)(N(C)CCc2ccccn2)C1. The van der Waals surface area contributed by atoms with Crippen LogP contribution in [0.4, 0.5) is 0 Å². The summed E-state index contributed by atoms with van der Waals surface area (Å²) in [6.07, 6.45) is 6.68. The second-order valence-corrected chi connectivity index (χ2v) is 6.78. The summed E-state index contributed by atoms with van der Waals surface area (Å²) in [5, 5.41) is 0. The van der Waals surface area contributed by atoms with E-state index in [0.29, 0.717) is 0 Å². The van der Waals surface area contributed by atoms with E-state index in [0.717, 1.165) is 31.3 Å². The van der Waals surface area contributed by atoms with Crippen LogP contribution in [0.25, 0.3) is 0 Å². The Balaban J connectivity index is 1.99. The van der Waals surface area contributed by atoms with Gasteiger partial charge in [-0.25, -0.2) is 0 Å². The summed E-state index contributed by atoms with van der Waals surface area (Å²) in [7, 11) is 2.24. The molecule has 20 heavy (non-hydrogen) atoms. The molecule has 0 aliphatic heterocycles. The molecule has 0 bridgehead atoms. The molecule has 1 aromatic heterocycles. The maximum Gasteiger partial charge on any atom is 0.0416 e. The lowest BCUT2D eigenvalue weighted by Gasteiger charge is -2.48. The third-order valence-corrected chi connectivity index (χ3v) is 4.88. The van der Waals surface area contributed by atoms with Crippen molar-refractivity contribution in [3.63, 3.8) is 0 Å². The Morgan fingerprint density at radius 2 is 2.00 bits per heavy atom. The van der Waals surface area contributed by atoms with Gasteiger partial charge < -0.3 is 5.73 Å². The fourth-order valence-corrected chi connectivity index (χ4v) is 3.93. The van der Waals surface area contributed by atoms with Gasteiger partial charge in [0.15, 0.2) is 0 Å². The van der Waals surface area contributed by atoms with Crippen LogP contribution in [0.3, 0.4) is 0 Å². The van der Waals surface area contributed by atoms with Gasteiger partial charge in [0, 0.05) is 36.9 Å². The standard InChI is InChI=1S/C17H29N3/c1-14-10-15(2)12-17(11-14,13-18)20(3)9-7-16-6-4-5-8-19-16/h4-6,8,14-15H,7,9-13,18H2,1-3H3. The Morgan fingerprint density at radius 3 is 2.55 bits per heavy atom. The molecule has 2 atom stereocenters. The molecule has 1 aliphatic carbocycles. The van der Waals surface area contributed by atoms with Gasteiger partial charge >= 0.3 is 0 Å². The maximum absolute atomic E-state index is 6.18. The molecule has 2 rings (SSSR count). The first kappa shape index (κ1) is 15.5. The summed E-state index contributed by atoms with van der Waals surface area (Å²) in [5.74, 6) is 1.55. The van der Waals surface area contributed by atoms with Gasteiger partial charge in [0.2, 0.25) is 0 Å². The number of aromatic nitrogens is 1. The van der Waals surface area contributed by atoms with Crippen LogP contribution in [0.15, 0.2) is 24.4 Å². The van der Waals surface area contributed by atoms with E-state index in [1.807, 2.05) is 12.3 Å². The van der Waals surface area contributed by atoms with Crippen LogP contribution in [0.2, 0.25) is 0 Å². The molecular weight excluding hydrogens is 246 g/mol. The highest BCUT2D eigenvalue weighted by Gasteiger charge is 2.39. The second kappa shape index (κ2) is 6.68. The summed E-state index contributed by atoms with van der Waals surface area (Å²) in [6.45, 7) is 6.54. The Hall–Kier alpha value is -0.930. The van der Waals surface area contributed by atoms with Crippen LogP contribution in [-0.4, -0.2) is 35.6 Å². The molecule has 3 nitrogen and oxygen atoms in total. The predicted octanol–water partition coefficient (Wildman–Crippen LogP) is 2.71. The van der Waals surface area contributed by atoms with Gasteiger partial charge in [-0.15, -0.1) is 0 Å². The summed E-state index contributed by atoms with van der Waals surface area (Å²) in [5.41, 5.74) is 7.53. The van der Waals surface area contributed by atoms with Crippen LogP contribution < -0.4 is 5.73 Å². The summed E-state index contributed by atoms with van der Waals surface area (Å²) in [4.78, 5) is 6.91. The molecule has 3 heteroatoms. The maximum atomic E-state index is 6.18. The van der Waals surface area contributed by atoms with Gasteiger partial charge in [-0.1, -0.05) is 19.9 Å². The minimum atomic E-state index is 0.186. The van der Waals surface area contributed by atoms with Gasteiger partial charge in [0.05, 0.1) is 0 Å². The highest BCUT2D eigenvalue weighted by atomic mass is 15.2. The molecule has 1 aromatic rings. The van der Waals surface area contributed by atoms with E-state index in [-0.39, 0.29) is 5.54 Å². The minimum Gasteiger partial charge on any atom is -0.329 e. The van der Waals surface area contributed by atoms with Crippen molar-refractivity contribution in [2.24, 2.45) is 17.6 Å². The number of likely N-dealkylation sites (N-methyl/N-ethyl adjacent to an activating group) is 1. The summed E-state index contributed by atoms with van der Waals surface area (Å²) >= 11 is 0. The molecule has 0 radical (unpaired) electrons. The first-order valence-corrected chi connectivity index (χ1v) is 7.87. The van der Waals surface area contributed by atoms with Gasteiger partial charge in [-0.3, -0.25) is 9.88 Å². The highest BCUT2D eigenvalue weighted by Crippen LogP contribution is 2.38.